The topological polar surface area (TPSA) is 58.6 Å². The molecule has 2 aromatic carbocycles. The second-order valence-corrected chi connectivity index (χ2v) is 7.19. The number of carbonyl (C=O) groups excluding carboxylic acids is 2. The maximum absolute atomic E-state index is 13.1. The lowest BCUT2D eigenvalue weighted by molar-refractivity contribution is -0.135. The maximum Gasteiger partial charge on any atom is 0.251 e. The number of ether oxygens (including phenoxy) is 1. The molecule has 150 valence electrons. The lowest BCUT2D eigenvalue weighted by Gasteiger charge is -2.31. The van der Waals surface area contributed by atoms with E-state index in [-0.39, 0.29) is 23.8 Å². The molecule has 5 nitrogen and oxygen atoms in total. The van der Waals surface area contributed by atoms with Crippen LogP contribution >= 0.6 is 0 Å². The van der Waals surface area contributed by atoms with Crippen LogP contribution in [0.25, 0.3) is 0 Å². The Morgan fingerprint density at radius 1 is 1.00 bits per heavy atom. The van der Waals surface area contributed by atoms with Crippen molar-refractivity contribution in [2.45, 2.75) is 39.8 Å². The highest BCUT2D eigenvalue weighted by Gasteiger charge is 2.29. The molecule has 0 spiro atoms. The van der Waals surface area contributed by atoms with Crippen molar-refractivity contribution in [3.05, 3.63) is 65.7 Å². The van der Waals surface area contributed by atoms with Gasteiger partial charge in [0, 0.05) is 12.6 Å². The first kappa shape index (κ1) is 21.5. The Balaban J connectivity index is 2.11. The standard InChI is InChI=1S/C23H30N2O3/c1-6-28-20-14-12-19(13-15-20)22(26)24-21(16(2)3)23(27)25(5)17(4)18-10-8-7-9-11-18/h7-17,21H,6H2,1-5H3,(H,24,26). The van der Waals surface area contributed by atoms with Gasteiger partial charge in [0.2, 0.25) is 5.91 Å². The zero-order chi connectivity index (χ0) is 20.7. The summed E-state index contributed by atoms with van der Waals surface area (Å²) in [4.78, 5) is 27.5. The normalized spacial score (nSPS) is 12.9. The molecule has 0 aliphatic carbocycles. The van der Waals surface area contributed by atoms with Crippen molar-refractivity contribution < 1.29 is 14.3 Å². The van der Waals surface area contributed by atoms with Crippen LogP contribution in [0.15, 0.2) is 54.6 Å². The summed E-state index contributed by atoms with van der Waals surface area (Å²) in [6.07, 6.45) is 0. The molecule has 2 amide bonds. The number of nitrogens with one attached hydrogen (secondary N) is 1. The quantitative estimate of drug-likeness (QED) is 0.749. The fourth-order valence-electron chi connectivity index (χ4n) is 2.97. The van der Waals surface area contributed by atoms with Crippen molar-refractivity contribution in [3.8, 4) is 5.75 Å². The van der Waals surface area contributed by atoms with Crippen LogP contribution in [-0.2, 0) is 4.79 Å². The Morgan fingerprint density at radius 3 is 2.14 bits per heavy atom. The molecule has 0 aliphatic heterocycles. The largest absolute Gasteiger partial charge is 0.494 e. The van der Waals surface area contributed by atoms with Crippen LogP contribution in [0, 0.1) is 5.92 Å². The second kappa shape index (κ2) is 9.93. The molecule has 0 fully saturated rings. The van der Waals surface area contributed by atoms with Gasteiger partial charge in [-0.3, -0.25) is 9.59 Å². The Kier molecular flexibility index (Phi) is 7.61. The van der Waals surface area contributed by atoms with E-state index in [0.717, 1.165) is 5.56 Å². The highest BCUT2D eigenvalue weighted by atomic mass is 16.5. The van der Waals surface area contributed by atoms with E-state index in [0.29, 0.717) is 17.9 Å². The molecule has 0 aliphatic rings. The summed E-state index contributed by atoms with van der Waals surface area (Å²) >= 11 is 0. The van der Waals surface area contributed by atoms with Gasteiger partial charge in [-0.25, -0.2) is 0 Å². The third-order valence-electron chi connectivity index (χ3n) is 4.86. The smallest absolute Gasteiger partial charge is 0.251 e. The zero-order valence-corrected chi connectivity index (χ0v) is 17.3. The number of amides is 2. The molecule has 28 heavy (non-hydrogen) atoms. The van der Waals surface area contributed by atoms with E-state index in [2.05, 4.69) is 5.32 Å². The third kappa shape index (κ3) is 5.35. The highest BCUT2D eigenvalue weighted by Crippen LogP contribution is 2.21. The monoisotopic (exact) mass is 382 g/mol. The van der Waals surface area contributed by atoms with Gasteiger partial charge in [0.25, 0.3) is 5.91 Å². The predicted molar refractivity (Wildman–Crippen MR) is 111 cm³/mol. The number of nitrogens with zero attached hydrogens (tertiary/aromatic N) is 1. The predicted octanol–water partition coefficient (Wildman–Crippen LogP) is 4.06. The third-order valence-corrected chi connectivity index (χ3v) is 4.86. The van der Waals surface area contributed by atoms with Crippen molar-refractivity contribution in [3.63, 3.8) is 0 Å². The molecule has 0 saturated heterocycles. The lowest BCUT2D eigenvalue weighted by atomic mass is 10.00. The molecule has 1 N–H and O–H groups in total. The van der Waals surface area contributed by atoms with E-state index in [1.165, 1.54) is 0 Å². The number of rotatable bonds is 8. The summed E-state index contributed by atoms with van der Waals surface area (Å²) < 4.78 is 5.41. The van der Waals surface area contributed by atoms with E-state index in [1.54, 1.807) is 36.2 Å². The summed E-state index contributed by atoms with van der Waals surface area (Å²) in [5.74, 6) is 0.304. The van der Waals surface area contributed by atoms with E-state index < -0.39 is 6.04 Å². The van der Waals surface area contributed by atoms with Gasteiger partial charge in [0.05, 0.1) is 12.6 Å². The Hall–Kier alpha value is -2.82. The van der Waals surface area contributed by atoms with Gasteiger partial charge in [0.15, 0.2) is 0 Å². The van der Waals surface area contributed by atoms with Gasteiger partial charge < -0.3 is 15.0 Å². The minimum absolute atomic E-state index is 0.0374. The Morgan fingerprint density at radius 2 is 1.61 bits per heavy atom. The lowest BCUT2D eigenvalue weighted by Crippen LogP contribution is -2.50. The van der Waals surface area contributed by atoms with Crippen LogP contribution in [0.1, 0.15) is 49.7 Å². The van der Waals surface area contributed by atoms with Crippen molar-refractivity contribution in [1.82, 2.24) is 10.2 Å². The molecule has 0 radical (unpaired) electrons. The molecule has 0 aromatic heterocycles. The van der Waals surface area contributed by atoms with Crippen LogP contribution in [0.5, 0.6) is 5.75 Å². The van der Waals surface area contributed by atoms with Gasteiger partial charge in [-0.1, -0.05) is 44.2 Å². The SMILES string of the molecule is CCOc1ccc(C(=O)NC(C(=O)N(C)C(C)c2ccccc2)C(C)C)cc1. The van der Waals surface area contributed by atoms with E-state index in [9.17, 15) is 9.59 Å². The van der Waals surface area contributed by atoms with E-state index >= 15 is 0 Å². The average molecular weight is 383 g/mol. The van der Waals surface area contributed by atoms with Crippen LogP contribution < -0.4 is 10.1 Å². The highest BCUT2D eigenvalue weighted by molar-refractivity contribution is 5.97. The molecule has 0 heterocycles. The summed E-state index contributed by atoms with van der Waals surface area (Å²) in [6.45, 7) is 8.33. The minimum atomic E-state index is -0.602. The van der Waals surface area contributed by atoms with E-state index in [1.807, 2.05) is 58.0 Å². The molecule has 0 bridgehead atoms. The number of carbonyl (C=O) groups is 2. The van der Waals surface area contributed by atoms with Gasteiger partial charge in [-0.05, 0) is 49.6 Å². The van der Waals surface area contributed by atoms with Crippen LogP contribution in [0.4, 0.5) is 0 Å². The Bertz CT molecular complexity index is 772. The van der Waals surface area contributed by atoms with Crippen molar-refractivity contribution >= 4 is 11.8 Å². The maximum atomic E-state index is 13.1. The molecule has 2 unspecified atom stereocenters. The molecule has 5 heteroatoms. The van der Waals surface area contributed by atoms with E-state index in [4.69, 9.17) is 4.74 Å². The number of benzene rings is 2. The zero-order valence-electron chi connectivity index (χ0n) is 17.3. The molecular weight excluding hydrogens is 352 g/mol. The summed E-state index contributed by atoms with van der Waals surface area (Å²) in [6, 6.07) is 16.1. The minimum Gasteiger partial charge on any atom is -0.494 e. The number of hydrogen-bond acceptors (Lipinski definition) is 3. The Labute approximate surface area is 167 Å². The fraction of sp³-hybridized carbons (Fsp3) is 0.391. The molecular formula is C23H30N2O3. The average Bonchev–Trinajstić information content (AvgIpc) is 2.71. The molecule has 2 atom stereocenters. The summed E-state index contributed by atoms with van der Waals surface area (Å²) in [7, 11) is 1.78. The van der Waals surface area contributed by atoms with Gasteiger partial charge in [0.1, 0.15) is 11.8 Å². The van der Waals surface area contributed by atoms with Crippen LogP contribution in [0.2, 0.25) is 0 Å². The van der Waals surface area contributed by atoms with Gasteiger partial charge >= 0.3 is 0 Å². The second-order valence-electron chi connectivity index (χ2n) is 7.19. The fourth-order valence-corrected chi connectivity index (χ4v) is 2.97. The first-order valence-electron chi connectivity index (χ1n) is 9.70. The van der Waals surface area contributed by atoms with Crippen LogP contribution in [-0.4, -0.2) is 36.4 Å². The number of likely N-dealkylation sites (N-methyl/N-ethyl adjacent to an activating group) is 1. The molecule has 2 rings (SSSR count). The summed E-state index contributed by atoms with van der Waals surface area (Å²) in [5.41, 5.74) is 1.55. The first-order valence-corrected chi connectivity index (χ1v) is 9.70. The van der Waals surface area contributed by atoms with Gasteiger partial charge in [-0.2, -0.15) is 0 Å². The summed E-state index contributed by atoms with van der Waals surface area (Å²) in [5, 5.41) is 2.90. The van der Waals surface area contributed by atoms with Crippen molar-refractivity contribution in [2.24, 2.45) is 5.92 Å². The van der Waals surface area contributed by atoms with Crippen LogP contribution in [0.3, 0.4) is 0 Å². The van der Waals surface area contributed by atoms with Crippen molar-refractivity contribution in [2.75, 3.05) is 13.7 Å². The van der Waals surface area contributed by atoms with Crippen molar-refractivity contribution in [1.29, 1.82) is 0 Å². The molecule has 2 aromatic rings. The first-order chi connectivity index (χ1) is 13.3. The molecule has 0 saturated carbocycles. The number of hydrogen-bond donors (Lipinski definition) is 1. The van der Waals surface area contributed by atoms with Gasteiger partial charge in [-0.15, -0.1) is 0 Å².